The Balaban J connectivity index is 1.52. The number of carbonyl (C=O) groups is 1. The fourth-order valence-corrected chi connectivity index (χ4v) is 5.90. The molecule has 1 unspecified atom stereocenters. The second kappa shape index (κ2) is 9.85. The van der Waals surface area contributed by atoms with E-state index in [4.69, 9.17) is 0 Å². The lowest BCUT2D eigenvalue weighted by Gasteiger charge is -2.22. The molecule has 0 spiro atoms. The monoisotopic (exact) mass is 489 g/mol. The van der Waals surface area contributed by atoms with Crippen LogP contribution in [0.1, 0.15) is 50.2 Å². The molecule has 0 aliphatic heterocycles. The van der Waals surface area contributed by atoms with E-state index in [1.54, 1.807) is 4.57 Å². The molecule has 4 aromatic rings. The van der Waals surface area contributed by atoms with Gasteiger partial charge in [-0.3, -0.25) is 14.0 Å². The minimum Gasteiger partial charge on any atom is -0.355 e. The third kappa shape index (κ3) is 4.59. The van der Waals surface area contributed by atoms with E-state index in [0.29, 0.717) is 22.2 Å². The molecule has 35 heavy (non-hydrogen) atoms. The molecule has 182 valence electrons. The zero-order valence-electron chi connectivity index (χ0n) is 20.5. The SMILES string of the molecule is Cc1ccc(-n2c(=O)c3ccccc3n3c(SC(C)C(=O)NCC4CCCCC4)nnc23)c(C)c1. The molecule has 0 bridgehead atoms. The first-order chi connectivity index (χ1) is 16.9. The van der Waals surface area contributed by atoms with Crippen LogP contribution in [0.25, 0.3) is 22.4 Å². The van der Waals surface area contributed by atoms with Crippen molar-refractivity contribution in [3.8, 4) is 5.69 Å². The minimum atomic E-state index is -0.341. The molecule has 1 N–H and O–H groups in total. The molecular weight excluding hydrogens is 458 g/mol. The van der Waals surface area contributed by atoms with Gasteiger partial charge in [0.2, 0.25) is 11.7 Å². The molecule has 2 aromatic carbocycles. The van der Waals surface area contributed by atoms with Crippen molar-refractivity contribution in [2.24, 2.45) is 5.92 Å². The Morgan fingerprint density at radius 2 is 1.89 bits per heavy atom. The Kier molecular flexibility index (Phi) is 6.65. The highest BCUT2D eigenvalue weighted by Crippen LogP contribution is 2.27. The molecule has 8 heteroatoms. The molecule has 1 aliphatic carbocycles. The Hall–Kier alpha value is -3.13. The van der Waals surface area contributed by atoms with Crippen molar-refractivity contribution in [2.45, 2.75) is 63.3 Å². The van der Waals surface area contributed by atoms with Crippen LogP contribution < -0.4 is 10.9 Å². The van der Waals surface area contributed by atoms with Crippen LogP contribution in [0.2, 0.25) is 0 Å². The number of rotatable bonds is 6. The smallest absolute Gasteiger partial charge is 0.267 e. The third-order valence-corrected chi connectivity index (χ3v) is 7.97. The summed E-state index contributed by atoms with van der Waals surface area (Å²) in [5, 5.41) is 12.8. The standard InChI is InChI=1S/C27H31N5O2S/c1-17-13-14-22(18(2)15-17)31-25(34)21-11-7-8-12-23(21)32-26(31)29-30-27(32)35-19(3)24(33)28-16-20-9-5-4-6-10-20/h7-8,11-15,19-20H,4-6,9-10,16H2,1-3H3,(H,28,33). The molecular formula is C27H31N5O2S. The van der Waals surface area contributed by atoms with Crippen LogP contribution in [-0.2, 0) is 4.79 Å². The number of amides is 1. The Labute approximate surface area is 208 Å². The molecule has 0 saturated heterocycles. The Morgan fingerprint density at radius 3 is 2.66 bits per heavy atom. The summed E-state index contributed by atoms with van der Waals surface area (Å²) in [5.41, 5.74) is 3.48. The number of aromatic nitrogens is 4. The number of nitrogens with one attached hydrogen (secondary N) is 1. The maximum Gasteiger partial charge on any atom is 0.267 e. The first-order valence-electron chi connectivity index (χ1n) is 12.3. The van der Waals surface area contributed by atoms with Gasteiger partial charge < -0.3 is 5.32 Å². The molecule has 1 aliphatic rings. The van der Waals surface area contributed by atoms with Crippen molar-refractivity contribution >= 4 is 34.3 Å². The van der Waals surface area contributed by atoms with E-state index < -0.39 is 0 Å². The highest BCUT2D eigenvalue weighted by atomic mass is 32.2. The van der Waals surface area contributed by atoms with E-state index in [-0.39, 0.29) is 16.7 Å². The summed E-state index contributed by atoms with van der Waals surface area (Å²) in [6.45, 7) is 6.65. The van der Waals surface area contributed by atoms with E-state index in [0.717, 1.165) is 28.9 Å². The zero-order chi connectivity index (χ0) is 24.5. The van der Waals surface area contributed by atoms with Gasteiger partial charge in [-0.2, -0.15) is 0 Å². The predicted molar refractivity (Wildman–Crippen MR) is 140 cm³/mol. The maximum atomic E-state index is 13.6. The van der Waals surface area contributed by atoms with E-state index in [2.05, 4.69) is 21.6 Å². The first kappa shape index (κ1) is 23.6. The molecule has 1 saturated carbocycles. The Morgan fingerprint density at radius 1 is 1.11 bits per heavy atom. The second-order valence-electron chi connectivity index (χ2n) is 9.57. The number of carbonyl (C=O) groups excluding carboxylic acids is 1. The summed E-state index contributed by atoms with van der Waals surface area (Å²) in [4.78, 5) is 26.5. The summed E-state index contributed by atoms with van der Waals surface area (Å²) < 4.78 is 3.52. The summed E-state index contributed by atoms with van der Waals surface area (Å²) in [7, 11) is 0. The number of hydrogen-bond acceptors (Lipinski definition) is 5. The molecule has 5 rings (SSSR count). The number of hydrogen-bond donors (Lipinski definition) is 1. The lowest BCUT2D eigenvalue weighted by Crippen LogP contribution is -2.35. The van der Waals surface area contributed by atoms with E-state index in [9.17, 15) is 9.59 Å². The number of para-hydroxylation sites is 1. The molecule has 2 aromatic heterocycles. The molecule has 0 radical (unpaired) electrons. The van der Waals surface area contributed by atoms with Crippen molar-refractivity contribution in [1.82, 2.24) is 24.5 Å². The van der Waals surface area contributed by atoms with Crippen LogP contribution in [-0.4, -0.2) is 36.9 Å². The molecule has 1 amide bonds. The van der Waals surface area contributed by atoms with Crippen LogP contribution in [0.5, 0.6) is 0 Å². The van der Waals surface area contributed by atoms with Crippen molar-refractivity contribution in [1.29, 1.82) is 0 Å². The summed E-state index contributed by atoms with van der Waals surface area (Å²) >= 11 is 1.37. The second-order valence-corrected chi connectivity index (χ2v) is 10.9. The van der Waals surface area contributed by atoms with Crippen molar-refractivity contribution in [2.75, 3.05) is 6.54 Å². The zero-order valence-corrected chi connectivity index (χ0v) is 21.3. The van der Waals surface area contributed by atoms with Gasteiger partial charge in [-0.15, -0.1) is 10.2 Å². The lowest BCUT2D eigenvalue weighted by atomic mass is 9.89. The minimum absolute atomic E-state index is 0.00401. The van der Waals surface area contributed by atoms with Crippen LogP contribution in [0.15, 0.2) is 52.4 Å². The topological polar surface area (TPSA) is 81.3 Å². The van der Waals surface area contributed by atoms with Gasteiger partial charge in [0.1, 0.15) is 0 Å². The normalized spacial score (nSPS) is 15.5. The highest BCUT2D eigenvalue weighted by molar-refractivity contribution is 8.00. The number of thioether (sulfide) groups is 1. The van der Waals surface area contributed by atoms with E-state index in [1.165, 1.54) is 43.9 Å². The van der Waals surface area contributed by atoms with Crippen molar-refractivity contribution in [3.05, 3.63) is 63.9 Å². The number of nitrogens with zero attached hydrogens (tertiary/aromatic N) is 4. The van der Waals surface area contributed by atoms with Gasteiger partial charge >= 0.3 is 0 Å². The number of benzene rings is 2. The predicted octanol–water partition coefficient (Wildman–Crippen LogP) is 4.83. The van der Waals surface area contributed by atoms with Gasteiger partial charge in [0.25, 0.3) is 5.56 Å². The number of fused-ring (bicyclic) bond motifs is 3. The van der Waals surface area contributed by atoms with Gasteiger partial charge in [0.15, 0.2) is 5.16 Å². The van der Waals surface area contributed by atoms with E-state index in [1.807, 2.05) is 61.6 Å². The van der Waals surface area contributed by atoms with Crippen LogP contribution in [0, 0.1) is 19.8 Å². The summed E-state index contributed by atoms with van der Waals surface area (Å²) in [6, 6.07) is 13.5. The van der Waals surface area contributed by atoms with Gasteiger partial charge in [0.05, 0.1) is 21.8 Å². The van der Waals surface area contributed by atoms with Crippen LogP contribution in [0.3, 0.4) is 0 Å². The van der Waals surface area contributed by atoms with Gasteiger partial charge in [-0.05, 0) is 63.3 Å². The van der Waals surface area contributed by atoms with Gasteiger partial charge in [-0.25, -0.2) is 4.57 Å². The average molecular weight is 490 g/mol. The first-order valence-corrected chi connectivity index (χ1v) is 13.2. The summed E-state index contributed by atoms with van der Waals surface area (Å²) in [6.07, 6.45) is 6.20. The maximum absolute atomic E-state index is 13.6. The van der Waals surface area contributed by atoms with Crippen molar-refractivity contribution in [3.63, 3.8) is 0 Å². The molecule has 1 fully saturated rings. The molecule has 1 atom stereocenters. The molecule has 2 heterocycles. The van der Waals surface area contributed by atoms with Crippen LogP contribution in [0.4, 0.5) is 0 Å². The summed E-state index contributed by atoms with van der Waals surface area (Å²) in [5.74, 6) is 1.03. The highest BCUT2D eigenvalue weighted by Gasteiger charge is 2.23. The fourth-order valence-electron chi connectivity index (χ4n) is 5.02. The van der Waals surface area contributed by atoms with Crippen LogP contribution >= 0.6 is 11.8 Å². The van der Waals surface area contributed by atoms with Crippen molar-refractivity contribution < 1.29 is 4.79 Å². The average Bonchev–Trinajstić information content (AvgIpc) is 3.27. The largest absolute Gasteiger partial charge is 0.355 e. The third-order valence-electron chi connectivity index (χ3n) is 6.93. The van der Waals surface area contributed by atoms with Gasteiger partial charge in [-0.1, -0.05) is 60.9 Å². The molecule has 7 nitrogen and oxygen atoms in total. The lowest BCUT2D eigenvalue weighted by molar-refractivity contribution is -0.120. The Bertz CT molecular complexity index is 1450. The quantitative estimate of drug-likeness (QED) is 0.393. The number of aryl methyl sites for hydroxylation is 2. The fraction of sp³-hybridized carbons (Fsp3) is 0.407. The van der Waals surface area contributed by atoms with Gasteiger partial charge in [0, 0.05) is 6.54 Å². The van der Waals surface area contributed by atoms with E-state index >= 15 is 0 Å².